The molecule has 0 saturated carbocycles. The lowest BCUT2D eigenvalue weighted by Gasteiger charge is -2.39. The van der Waals surface area contributed by atoms with Gasteiger partial charge in [0.1, 0.15) is 12.1 Å². The lowest BCUT2D eigenvalue weighted by Crippen LogP contribution is -2.61. The predicted molar refractivity (Wildman–Crippen MR) is 177 cm³/mol. The third-order valence-electron chi connectivity index (χ3n) is 8.56. The second-order valence-electron chi connectivity index (χ2n) is 14.0. The van der Waals surface area contributed by atoms with Gasteiger partial charge in [-0.2, -0.15) is 0 Å². The molecule has 0 fully saturated rings. The van der Waals surface area contributed by atoms with Crippen LogP contribution in [0, 0.1) is 11.3 Å². The highest BCUT2D eigenvalue weighted by atomic mass is 16.4. The Morgan fingerprint density at radius 2 is 1.61 bits per heavy atom. The third-order valence-corrected chi connectivity index (χ3v) is 8.56. The summed E-state index contributed by atoms with van der Waals surface area (Å²) >= 11 is 0. The highest BCUT2D eigenvalue weighted by Gasteiger charge is 2.41. The molecule has 12 heteroatoms. The molecular weight excluding hydrogens is 590 g/mol. The van der Waals surface area contributed by atoms with E-state index >= 15 is 0 Å². The summed E-state index contributed by atoms with van der Waals surface area (Å²) in [5.41, 5.74) is 7.22. The molecule has 1 aromatic carbocycles. The van der Waals surface area contributed by atoms with E-state index in [4.69, 9.17) is 10.8 Å². The van der Waals surface area contributed by atoms with E-state index in [2.05, 4.69) is 10.6 Å². The summed E-state index contributed by atoms with van der Waals surface area (Å²) in [6.45, 7) is 14.6. The van der Waals surface area contributed by atoms with Crippen molar-refractivity contribution in [1.82, 2.24) is 20.1 Å². The number of amides is 3. The number of hydrogen-bond acceptors (Lipinski definition) is 6. The normalized spacial score (nSPS) is 15.2. The van der Waals surface area contributed by atoms with E-state index in [9.17, 15) is 29.1 Å². The fourth-order valence-corrected chi connectivity index (χ4v) is 5.46. The number of benzene rings is 1. The number of nitrogens with one attached hydrogen (secondary N) is 2. The number of carbonyl (C=O) groups is 5. The minimum absolute atomic E-state index is 0.162. The molecular formula is C34H51N5O7. The number of aryl methyl sites for hydroxylation is 1. The Morgan fingerprint density at radius 1 is 1.02 bits per heavy atom. The first-order chi connectivity index (χ1) is 21.1. The number of hydrogen-bond donors (Lipinski definition) is 5. The van der Waals surface area contributed by atoms with Crippen molar-refractivity contribution in [2.75, 3.05) is 7.05 Å². The summed E-state index contributed by atoms with van der Waals surface area (Å²) in [6.07, 6.45) is 2.85. The van der Waals surface area contributed by atoms with E-state index in [1.54, 1.807) is 13.1 Å². The fraction of sp³-hybridized carbons (Fsp3) is 0.559. The van der Waals surface area contributed by atoms with Gasteiger partial charge in [-0.25, -0.2) is 4.79 Å². The molecule has 46 heavy (non-hydrogen) atoms. The second kappa shape index (κ2) is 14.9. The van der Waals surface area contributed by atoms with Crippen LogP contribution in [0.3, 0.4) is 0 Å². The quantitative estimate of drug-likeness (QED) is 0.195. The Morgan fingerprint density at radius 3 is 2.13 bits per heavy atom. The van der Waals surface area contributed by atoms with Gasteiger partial charge >= 0.3 is 11.9 Å². The van der Waals surface area contributed by atoms with Gasteiger partial charge in [-0.15, -0.1) is 0 Å². The number of nitrogens with zero attached hydrogens (tertiary/aromatic N) is 2. The van der Waals surface area contributed by atoms with Crippen molar-refractivity contribution in [3.05, 3.63) is 47.7 Å². The maximum Gasteiger partial charge on any atom is 0.326 e. The Kier molecular flexibility index (Phi) is 12.3. The molecule has 4 atom stereocenters. The van der Waals surface area contributed by atoms with Crippen LogP contribution in [-0.4, -0.2) is 80.6 Å². The molecule has 0 spiro atoms. The molecule has 0 aliphatic rings. The summed E-state index contributed by atoms with van der Waals surface area (Å²) in [6, 6.07) is 3.95. The van der Waals surface area contributed by atoms with Gasteiger partial charge in [-0.05, 0) is 36.3 Å². The number of para-hydroxylation sites is 1. The van der Waals surface area contributed by atoms with Crippen molar-refractivity contribution in [3.8, 4) is 0 Å². The Hall–Kier alpha value is -4.19. The maximum absolute atomic E-state index is 14.1. The lowest BCUT2D eigenvalue weighted by molar-refractivity contribution is -0.142. The summed E-state index contributed by atoms with van der Waals surface area (Å²) in [7, 11) is 3.53. The van der Waals surface area contributed by atoms with Crippen LogP contribution in [0.25, 0.3) is 10.9 Å². The van der Waals surface area contributed by atoms with E-state index in [1.165, 1.54) is 11.8 Å². The maximum atomic E-state index is 14.1. The Bertz CT molecular complexity index is 1480. The van der Waals surface area contributed by atoms with Gasteiger partial charge < -0.3 is 36.0 Å². The monoisotopic (exact) mass is 641 g/mol. The molecule has 6 N–H and O–H groups in total. The van der Waals surface area contributed by atoms with Gasteiger partial charge in [0.2, 0.25) is 17.7 Å². The van der Waals surface area contributed by atoms with E-state index in [0.717, 1.165) is 16.5 Å². The molecule has 2 rings (SSSR count). The number of carbonyl (C=O) groups excluding carboxylic acids is 3. The van der Waals surface area contributed by atoms with Gasteiger partial charge in [-0.1, -0.05) is 72.7 Å². The average molecular weight is 642 g/mol. The van der Waals surface area contributed by atoms with Gasteiger partial charge in [-0.3, -0.25) is 19.2 Å². The first-order valence-corrected chi connectivity index (χ1v) is 15.4. The van der Waals surface area contributed by atoms with Crippen molar-refractivity contribution in [3.63, 3.8) is 0 Å². The van der Waals surface area contributed by atoms with Gasteiger partial charge in [0, 0.05) is 48.6 Å². The molecule has 12 nitrogen and oxygen atoms in total. The zero-order valence-corrected chi connectivity index (χ0v) is 28.7. The van der Waals surface area contributed by atoms with Crippen molar-refractivity contribution in [1.29, 1.82) is 0 Å². The van der Waals surface area contributed by atoms with Crippen LogP contribution in [0.4, 0.5) is 0 Å². The number of carboxylic acid groups (broad SMARTS) is 2. The van der Waals surface area contributed by atoms with Crippen LogP contribution in [0.1, 0.15) is 73.8 Å². The molecule has 0 bridgehead atoms. The molecule has 1 unspecified atom stereocenters. The predicted octanol–water partition coefficient (Wildman–Crippen LogP) is 3.18. The van der Waals surface area contributed by atoms with Gasteiger partial charge in [0.15, 0.2) is 0 Å². The van der Waals surface area contributed by atoms with Gasteiger partial charge in [0.05, 0.1) is 12.1 Å². The summed E-state index contributed by atoms with van der Waals surface area (Å²) in [5.74, 6) is -4.24. The SMILES string of the molecule is C/C(=C\[C@H](C(C)C)N(C)C(=O)C(NC(=O)[C@@H](N)C(C)(C)c1cn(C)c2ccccc12)C(C)(C)C)C(=O)N[C@H](CCC(=O)O)C(=O)O. The van der Waals surface area contributed by atoms with Crippen LogP contribution in [0.2, 0.25) is 0 Å². The number of aromatic nitrogens is 1. The molecule has 2 aromatic rings. The number of likely N-dealkylation sites (N-methyl/N-ethyl adjacent to an activating group) is 1. The van der Waals surface area contributed by atoms with Crippen LogP contribution in [0.15, 0.2) is 42.1 Å². The fourth-order valence-electron chi connectivity index (χ4n) is 5.46. The standard InChI is InChI=1S/C34H51N5O7/c1-19(2)25(17-20(3)29(42)36-23(32(45)46)15-16-26(40)41)39(10)31(44)28(33(4,5)6)37-30(43)27(35)34(7,8)22-18-38(9)24-14-12-11-13-21(22)24/h11-14,17-19,23,25,27-28H,15-16,35H2,1-10H3,(H,36,42)(H,37,43)(H,40,41)(H,45,46)/b20-17+/t23-,25-,27-,28?/m1/s1. The number of rotatable bonds is 14. The molecule has 0 aliphatic carbocycles. The summed E-state index contributed by atoms with van der Waals surface area (Å²) in [4.78, 5) is 64.7. The Labute approximate surface area is 271 Å². The molecule has 3 amide bonds. The molecule has 0 radical (unpaired) electrons. The van der Waals surface area contributed by atoms with Crippen molar-refractivity contribution >= 4 is 40.6 Å². The zero-order chi connectivity index (χ0) is 35.3. The van der Waals surface area contributed by atoms with Crippen LogP contribution < -0.4 is 16.4 Å². The van der Waals surface area contributed by atoms with Crippen LogP contribution >= 0.6 is 0 Å². The number of nitrogens with two attached hydrogens (primary N) is 1. The highest BCUT2D eigenvalue weighted by Crippen LogP contribution is 2.34. The van der Waals surface area contributed by atoms with Crippen LogP contribution in [0.5, 0.6) is 0 Å². The minimum atomic E-state index is -1.38. The first-order valence-electron chi connectivity index (χ1n) is 15.4. The van der Waals surface area contributed by atoms with Crippen molar-refractivity contribution < 1.29 is 34.2 Å². The first kappa shape index (κ1) is 38.0. The zero-order valence-electron chi connectivity index (χ0n) is 28.7. The van der Waals surface area contributed by atoms with E-state index in [-0.39, 0.29) is 23.8 Å². The van der Waals surface area contributed by atoms with Crippen molar-refractivity contribution in [2.45, 2.75) is 97.8 Å². The van der Waals surface area contributed by atoms with Gasteiger partial charge in [0.25, 0.3) is 0 Å². The number of aliphatic carboxylic acids is 2. The molecule has 254 valence electrons. The molecule has 1 heterocycles. The lowest BCUT2D eigenvalue weighted by atomic mass is 9.77. The smallest absolute Gasteiger partial charge is 0.326 e. The van der Waals surface area contributed by atoms with Crippen LogP contribution in [-0.2, 0) is 36.4 Å². The van der Waals surface area contributed by atoms with E-state index < -0.39 is 65.2 Å². The molecule has 0 saturated heterocycles. The van der Waals surface area contributed by atoms with E-state index in [0.29, 0.717) is 0 Å². The third kappa shape index (κ3) is 8.96. The summed E-state index contributed by atoms with van der Waals surface area (Å²) < 4.78 is 1.99. The average Bonchev–Trinajstić information content (AvgIpc) is 3.31. The van der Waals surface area contributed by atoms with E-state index in [1.807, 2.05) is 90.5 Å². The Balaban J connectivity index is 2.32. The second-order valence-corrected chi connectivity index (χ2v) is 14.0. The largest absolute Gasteiger partial charge is 0.481 e. The minimum Gasteiger partial charge on any atom is -0.481 e. The highest BCUT2D eigenvalue weighted by molar-refractivity contribution is 5.96. The molecule has 0 aliphatic heterocycles. The number of carboxylic acids is 2. The number of fused-ring (bicyclic) bond motifs is 1. The van der Waals surface area contributed by atoms with Crippen molar-refractivity contribution in [2.24, 2.45) is 24.1 Å². The summed E-state index contributed by atoms with van der Waals surface area (Å²) in [5, 5.41) is 24.6. The molecule has 1 aromatic heterocycles. The topological polar surface area (TPSA) is 184 Å².